The molecule has 1 atom stereocenters. The molecule has 2 N–H and O–H groups in total. The Bertz CT molecular complexity index is 1000. The number of nitrogens with one attached hydrogen (secondary N) is 2. The summed E-state index contributed by atoms with van der Waals surface area (Å²) in [5, 5.41) is 3.25. The summed E-state index contributed by atoms with van der Waals surface area (Å²) in [6.45, 7) is 0.227. The van der Waals surface area contributed by atoms with Gasteiger partial charge in [0.05, 0.1) is 23.7 Å². The molecule has 8 heteroatoms. The largest absolute Gasteiger partial charge is 0.467 e. The Hall–Kier alpha value is -2.61. The summed E-state index contributed by atoms with van der Waals surface area (Å²) in [5.41, 5.74) is 0.636. The van der Waals surface area contributed by atoms with Crippen LogP contribution in [0.3, 0.4) is 0 Å². The molecule has 0 saturated heterocycles. The maximum absolute atomic E-state index is 12.7. The summed E-state index contributed by atoms with van der Waals surface area (Å²) >= 11 is 5.93. The van der Waals surface area contributed by atoms with E-state index in [9.17, 15) is 13.2 Å². The number of amides is 1. The number of hydrogen-bond donors (Lipinski definition) is 2. The van der Waals surface area contributed by atoms with Gasteiger partial charge in [0.1, 0.15) is 5.76 Å². The lowest BCUT2D eigenvalue weighted by Gasteiger charge is -2.19. The van der Waals surface area contributed by atoms with Crippen molar-refractivity contribution in [2.45, 2.75) is 23.9 Å². The molecule has 1 aromatic heterocycles. The predicted molar refractivity (Wildman–Crippen MR) is 106 cm³/mol. The van der Waals surface area contributed by atoms with E-state index in [0.29, 0.717) is 16.3 Å². The van der Waals surface area contributed by atoms with Gasteiger partial charge in [-0.2, -0.15) is 0 Å². The van der Waals surface area contributed by atoms with Crippen molar-refractivity contribution in [3.63, 3.8) is 0 Å². The predicted octanol–water partition coefficient (Wildman–Crippen LogP) is 3.66. The van der Waals surface area contributed by atoms with Gasteiger partial charge >= 0.3 is 0 Å². The first kappa shape index (κ1) is 20.1. The van der Waals surface area contributed by atoms with E-state index in [1.54, 1.807) is 54.6 Å². The smallest absolute Gasteiger partial charge is 0.241 e. The summed E-state index contributed by atoms with van der Waals surface area (Å²) in [5.74, 6) is 0.299. The first-order valence-electron chi connectivity index (χ1n) is 8.56. The molecular formula is C20H19ClN2O4S. The molecule has 0 bridgehead atoms. The lowest BCUT2D eigenvalue weighted by atomic mass is 10.0. The fourth-order valence-electron chi connectivity index (χ4n) is 2.63. The Labute approximate surface area is 168 Å². The van der Waals surface area contributed by atoms with E-state index < -0.39 is 16.1 Å². The van der Waals surface area contributed by atoms with E-state index in [2.05, 4.69) is 10.0 Å². The maximum atomic E-state index is 12.7. The number of carbonyl (C=O) groups is 1. The zero-order chi connectivity index (χ0) is 20.0. The number of furan rings is 1. The van der Waals surface area contributed by atoms with Crippen LogP contribution in [0.25, 0.3) is 0 Å². The van der Waals surface area contributed by atoms with E-state index in [4.69, 9.17) is 16.0 Å². The van der Waals surface area contributed by atoms with Gasteiger partial charge in [-0.05, 0) is 42.0 Å². The van der Waals surface area contributed by atoms with Crippen LogP contribution in [0.5, 0.6) is 0 Å². The quantitative estimate of drug-likeness (QED) is 0.584. The lowest BCUT2D eigenvalue weighted by Crippen LogP contribution is -2.33. The molecule has 0 radical (unpaired) electrons. The number of benzene rings is 2. The third-order valence-electron chi connectivity index (χ3n) is 4.05. The molecule has 0 fully saturated rings. The van der Waals surface area contributed by atoms with Gasteiger partial charge < -0.3 is 9.73 Å². The van der Waals surface area contributed by atoms with E-state index >= 15 is 0 Å². The minimum Gasteiger partial charge on any atom is -0.467 e. The van der Waals surface area contributed by atoms with Crippen molar-refractivity contribution in [1.29, 1.82) is 0 Å². The van der Waals surface area contributed by atoms with E-state index in [-0.39, 0.29) is 23.8 Å². The average Bonchev–Trinajstić information content (AvgIpc) is 3.21. The van der Waals surface area contributed by atoms with Crippen LogP contribution in [0.1, 0.15) is 23.8 Å². The number of halogens is 1. The van der Waals surface area contributed by atoms with Crippen LogP contribution in [0.2, 0.25) is 5.02 Å². The second kappa shape index (κ2) is 9.05. The van der Waals surface area contributed by atoms with Crippen molar-refractivity contribution in [2.75, 3.05) is 0 Å². The molecule has 0 unspecified atom stereocenters. The second-order valence-corrected chi connectivity index (χ2v) is 8.25. The van der Waals surface area contributed by atoms with Crippen molar-refractivity contribution in [2.24, 2.45) is 0 Å². The summed E-state index contributed by atoms with van der Waals surface area (Å²) in [7, 11) is -3.80. The highest BCUT2D eigenvalue weighted by Crippen LogP contribution is 2.22. The van der Waals surface area contributed by atoms with Crippen molar-refractivity contribution >= 4 is 27.5 Å². The molecule has 3 aromatic rings. The van der Waals surface area contributed by atoms with Crippen molar-refractivity contribution < 1.29 is 17.6 Å². The maximum Gasteiger partial charge on any atom is 0.241 e. The normalized spacial score (nSPS) is 12.5. The van der Waals surface area contributed by atoms with Crippen LogP contribution in [-0.2, 0) is 21.4 Å². The first-order chi connectivity index (χ1) is 13.4. The Kier molecular flexibility index (Phi) is 6.51. The molecule has 0 aliphatic heterocycles. The molecule has 6 nitrogen and oxygen atoms in total. The van der Waals surface area contributed by atoms with E-state index in [0.717, 1.165) is 0 Å². The highest BCUT2D eigenvalue weighted by molar-refractivity contribution is 7.89. The summed E-state index contributed by atoms with van der Waals surface area (Å²) in [6, 6.07) is 17.4. The molecule has 0 spiro atoms. The lowest BCUT2D eigenvalue weighted by molar-refractivity contribution is -0.121. The summed E-state index contributed by atoms with van der Waals surface area (Å²) in [4.78, 5) is 12.5. The molecule has 1 heterocycles. The van der Waals surface area contributed by atoms with Crippen LogP contribution < -0.4 is 10.0 Å². The molecule has 3 rings (SSSR count). The van der Waals surface area contributed by atoms with Crippen LogP contribution in [0.15, 0.2) is 82.3 Å². The second-order valence-electron chi connectivity index (χ2n) is 6.10. The molecule has 0 aliphatic carbocycles. The van der Waals surface area contributed by atoms with E-state index in [1.807, 2.05) is 0 Å². The Morgan fingerprint density at radius 1 is 1.00 bits per heavy atom. The molecule has 0 aliphatic rings. The number of rotatable bonds is 8. The van der Waals surface area contributed by atoms with E-state index in [1.165, 1.54) is 18.4 Å². The van der Waals surface area contributed by atoms with Gasteiger partial charge in [-0.25, -0.2) is 13.1 Å². The molecular weight excluding hydrogens is 400 g/mol. The Morgan fingerprint density at radius 2 is 1.71 bits per heavy atom. The fourth-order valence-corrected chi connectivity index (χ4v) is 4.01. The van der Waals surface area contributed by atoms with Gasteiger partial charge in [-0.3, -0.25) is 4.79 Å². The van der Waals surface area contributed by atoms with Gasteiger partial charge in [-0.1, -0.05) is 41.9 Å². The average molecular weight is 419 g/mol. The van der Waals surface area contributed by atoms with Gasteiger partial charge in [0.25, 0.3) is 0 Å². The third-order valence-corrected chi connectivity index (χ3v) is 5.79. The van der Waals surface area contributed by atoms with Crippen molar-refractivity contribution in [1.82, 2.24) is 10.0 Å². The van der Waals surface area contributed by atoms with Crippen LogP contribution >= 0.6 is 11.6 Å². The topological polar surface area (TPSA) is 88.4 Å². The summed E-state index contributed by atoms with van der Waals surface area (Å²) in [6.07, 6.45) is 1.44. The molecule has 1 amide bonds. The molecule has 146 valence electrons. The van der Waals surface area contributed by atoms with Crippen LogP contribution in [0, 0.1) is 0 Å². The van der Waals surface area contributed by atoms with Gasteiger partial charge in [0, 0.05) is 11.4 Å². The minimum absolute atomic E-state index is 0.0750. The zero-order valence-electron chi connectivity index (χ0n) is 14.8. The highest BCUT2D eigenvalue weighted by atomic mass is 35.5. The molecule has 0 saturated carbocycles. The van der Waals surface area contributed by atoms with Crippen molar-refractivity contribution in [3.8, 4) is 0 Å². The van der Waals surface area contributed by atoms with Crippen LogP contribution in [-0.4, -0.2) is 14.3 Å². The van der Waals surface area contributed by atoms with Gasteiger partial charge in [0.2, 0.25) is 15.9 Å². The number of hydrogen-bond acceptors (Lipinski definition) is 4. The Morgan fingerprint density at radius 3 is 2.36 bits per heavy atom. The van der Waals surface area contributed by atoms with Crippen LogP contribution in [0.4, 0.5) is 0 Å². The third kappa shape index (κ3) is 5.45. The fraction of sp³-hybridized carbons (Fsp3) is 0.150. The highest BCUT2D eigenvalue weighted by Gasteiger charge is 2.23. The first-order valence-corrected chi connectivity index (χ1v) is 10.4. The summed E-state index contributed by atoms with van der Waals surface area (Å²) < 4.78 is 33.2. The SMILES string of the molecule is O=C(C[C@H](NS(=O)(=O)c1ccccc1)c1ccc(Cl)cc1)NCc1ccco1. The van der Waals surface area contributed by atoms with Gasteiger partial charge in [0.15, 0.2) is 0 Å². The Balaban J connectivity index is 1.77. The molecule has 2 aromatic carbocycles. The monoisotopic (exact) mass is 418 g/mol. The zero-order valence-corrected chi connectivity index (χ0v) is 16.4. The number of sulfonamides is 1. The molecule has 28 heavy (non-hydrogen) atoms. The van der Waals surface area contributed by atoms with Gasteiger partial charge in [-0.15, -0.1) is 0 Å². The standard InChI is InChI=1S/C20H19ClN2O4S/c21-16-10-8-15(9-11-16)19(13-20(24)22-14-17-5-4-12-27-17)23-28(25,26)18-6-2-1-3-7-18/h1-12,19,23H,13-14H2,(H,22,24)/t19-/m0/s1. The number of carbonyl (C=O) groups excluding carboxylic acids is 1. The minimum atomic E-state index is -3.80. The van der Waals surface area contributed by atoms with Crippen molar-refractivity contribution in [3.05, 3.63) is 89.3 Å².